The third-order valence-electron chi connectivity index (χ3n) is 3.24. The molecule has 0 N–H and O–H groups in total. The zero-order valence-corrected chi connectivity index (χ0v) is 14.3. The van der Waals surface area contributed by atoms with Gasteiger partial charge in [-0.25, -0.2) is 4.79 Å². The number of hydrogen-bond acceptors (Lipinski definition) is 6. The van der Waals surface area contributed by atoms with Crippen molar-refractivity contribution in [1.29, 1.82) is 0 Å². The van der Waals surface area contributed by atoms with Crippen molar-refractivity contribution >= 4 is 23.6 Å². The van der Waals surface area contributed by atoms with Gasteiger partial charge in [0, 0.05) is 23.9 Å². The Morgan fingerprint density at radius 2 is 1.81 bits per heavy atom. The van der Waals surface area contributed by atoms with Gasteiger partial charge >= 0.3 is 5.97 Å². The van der Waals surface area contributed by atoms with E-state index in [1.807, 2.05) is 0 Å². The van der Waals surface area contributed by atoms with Crippen LogP contribution >= 0.6 is 0 Å². The average molecular weight is 354 g/mol. The number of hydrogen-bond donors (Lipinski definition) is 0. The molecule has 0 aliphatic carbocycles. The van der Waals surface area contributed by atoms with E-state index in [4.69, 9.17) is 9.47 Å². The lowest BCUT2D eigenvalue weighted by atomic mass is 10.2. The Bertz CT molecular complexity index is 811. The maximum Gasteiger partial charge on any atom is 0.333 e. The van der Waals surface area contributed by atoms with Crippen molar-refractivity contribution in [3.05, 3.63) is 76.4 Å². The van der Waals surface area contributed by atoms with Crippen molar-refractivity contribution in [2.24, 2.45) is 4.99 Å². The monoisotopic (exact) mass is 354 g/mol. The number of nitro groups is 1. The van der Waals surface area contributed by atoms with Crippen molar-refractivity contribution in [2.45, 2.75) is 6.92 Å². The highest BCUT2D eigenvalue weighted by Crippen LogP contribution is 2.18. The van der Waals surface area contributed by atoms with Gasteiger partial charge in [-0.1, -0.05) is 6.58 Å². The predicted octanol–water partition coefficient (Wildman–Crippen LogP) is 3.84. The second kappa shape index (κ2) is 9.12. The van der Waals surface area contributed by atoms with E-state index in [-0.39, 0.29) is 18.9 Å². The average Bonchev–Trinajstić information content (AvgIpc) is 2.64. The first-order chi connectivity index (χ1) is 12.5. The number of ether oxygens (including phenoxy) is 2. The lowest BCUT2D eigenvalue weighted by molar-refractivity contribution is -0.384. The molecule has 0 radical (unpaired) electrons. The highest BCUT2D eigenvalue weighted by atomic mass is 16.6. The number of nitro benzene ring substituents is 1. The Morgan fingerprint density at radius 1 is 1.15 bits per heavy atom. The molecule has 0 saturated heterocycles. The SMILES string of the molecule is C=C(C)C(=O)OCCOc1ccc(N=Cc2ccc([N+](=O)[O-])cc2)cc1. The Kier molecular flexibility index (Phi) is 6.61. The van der Waals surface area contributed by atoms with E-state index < -0.39 is 10.9 Å². The molecule has 0 unspecified atom stereocenters. The number of esters is 1. The molecule has 7 heteroatoms. The van der Waals surface area contributed by atoms with Gasteiger partial charge in [-0.05, 0) is 48.9 Å². The van der Waals surface area contributed by atoms with Crippen molar-refractivity contribution in [3.63, 3.8) is 0 Å². The minimum absolute atomic E-state index is 0.0394. The summed E-state index contributed by atoms with van der Waals surface area (Å²) in [7, 11) is 0. The molecule has 0 aliphatic heterocycles. The smallest absolute Gasteiger partial charge is 0.333 e. The van der Waals surface area contributed by atoms with E-state index in [2.05, 4.69) is 11.6 Å². The van der Waals surface area contributed by atoms with Crippen LogP contribution in [-0.2, 0) is 9.53 Å². The second-order valence-corrected chi connectivity index (χ2v) is 5.37. The summed E-state index contributed by atoms with van der Waals surface area (Å²) in [6, 6.07) is 13.2. The van der Waals surface area contributed by atoms with Crippen molar-refractivity contribution in [2.75, 3.05) is 13.2 Å². The Balaban J connectivity index is 1.84. The third kappa shape index (κ3) is 5.86. The highest BCUT2D eigenvalue weighted by molar-refractivity contribution is 5.86. The van der Waals surface area contributed by atoms with E-state index >= 15 is 0 Å². The zero-order valence-electron chi connectivity index (χ0n) is 14.3. The molecule has 2 aromatic rings. The lowest BCUT2D eigenvalue weighted by Crippen LogP contribution is -2.12. The van der Waals surface area contributed by atoms with Gasteiger partial charge in [-0.3, -0.25) is 15.1 Å². The summed E-state index contributed by atoms with van der Waals surface area (Å²) in [5, 5.41) is 10.6. The van der Waals surface area contributed by atoms with E-state index in [9.17, 15) is 14.9 Å². The fourth-order valence-corrected chi connectivity index (χ4v) is 1.88. The summed E-state index contributed by atoms with van der Waals surface area (Å²) in [6.45, 7) is 5.46. The minimum atomic E-state index is -0.445. The highest BCUT2D eigenvalue weighted by Gasteiger charge is 2.03. The molecular weight excluding hydrogens is 336 g/mol. The molecule has 0 saturated carbocycles. The maximum absolute atomic E-state index is 11.2. The molecule has 134 valence electrons. The zero-order chi connectivity index (χ0) is 18.9. The number of non-ortho nitro benzene ring substituents is 1. The van der Waals surface area contributed by atoms with Gasteiger partial charge in [-0.2, -0.15) is 0 Å². The number of carbonyl (C=O) groups is 1. The molecule has 0 bridgehead atoms. The van der Waals surface area contributed by atoms with Crippen LogP contribution in [0.2, 0.25) is 0 Å². The Labute approximate surface area is 150 Å². The van der Waals surface area contributed by atoms with Gasteiger partial charge < -0.3 is 9.47 Å². The number of benzene rings is 2. The molecule has 2 aromatic carbocycles. The van der Waals surface area contributed by atoms with Crippen LogP contribution in [0.5, 0.6) is 5.75 Å². The van der Waals surface area contributed by atoms with E-state index in [0.717, 1.165) is 5.56 Å². The molecule has 0 heterocycles. The molecule has 7 nitrogen and oxygen atoms in total. The molecule has 26 heavy (non-hydrogen) atoms. The first-order valence-electron chi connectivity index (χ1n) is 7.80. The van der Waals surface area contributed by atoms with Crippen LogP contribution in [0.3, 0.4) is 0 Å². The third-order valence-corrected chi connectivity index (χ3v) is 3.24. The van der Waals surface area contributed by atoms with Crippen molar-refractivity contribution in [1.82, 2.24) is 0 Å². The molecule has 0 spiro atoms. The fraction of sp³-hybridized carbons (Fsp3) is 0.158. The van der Waals surface area contributed by atoms with Crippen molar-refractivity contribution < 1.29 is 19.2 Å². The molecule has 0 atom stereocenters. The predicted molar refractivity (Wildman–Crippen MR) is 98.1 cm³/mol. The number of aliphatic imine (C=N–C) groups is 1. The lowest BCUT2D eigenvalue weighted by Gasteiger charge is -2.07. The molecule has 0 fully saturated rings. The largest absolute Gasteiger partial charge is 0.490 e. The summed E-state index contributed by atoms with van der Waals surface area (Å²) >= 11 is 0. The van der Waals surface area contributed by atoms with Crippen LogP contribution in [0.15, 0.2) is 65.7 Å². The fourth-order valence-electron chi connectivity index (χ4n) is 1.88. The van der Waals surface area contributed by atoms with Gasteiger partial charge in [0.25, 0.3) is 5.69 Å². The number of rotatable bonds is 8. The van der Waals surface area contributed by atoms with Gasteiger partial charge in [0.15, 0.2) is 0 Å². The van der Waals surface area contributed by atoms with E-state index in [1.165, 1.54) is 12.1 Å². The first kappa shape index (κ1) is 18.9. The van der Waals surface area contributed by atoms with Crippen LogP contribution in [0.25, 0.3) is 0 Å². The standard InChI is InChI=1S/C19H18N2O5/c1-14(2)19(22)26-12-11-25-18-9-5-16(6-10-18)20-13-15-3-7-17(8-4-15)21(23)24/h3-10,13H,1,11-12H2,2H3. The summed E-state index contributed by atoms with van der Waals surface area (Å²) in [6.07, 6.45) is 1.62. The molecule has 0 aliphatic rings. The first-order valence-corrected chi connectivity index (χ1v) is 7.80. The molecule has 0 amide bonds. The van der Waals surface area contributed by atoms with Gasteiger partial charge in [-0.15, -0.1) is 0 Å². The van der Waals surface area contributed by atoms with Crippen LogP contribution < -0.4 is 4.74 Å². The van der Waals surface area contributed by atoms with Crippen LogP contribution in [0, 0.1) is 10.1 Å². The van der Waals surface area contributed by atoms with E-state index in [1.54, 1.807) is 49.5 Å². The Hall–Kier alpha value is -3.48. The van der Waals surface area contributed by atoms with Crippen LogP contribution in [0.4, 0.5) is 11.4 Å². The van der Waals surface area contributed by atoms with Gasteiger partial charge in [0.2, 0.25) is 0 Å². The molecule has 2 rings (SSSR count). The van der Waals surface area contributed by atoms with E-state index in [0.29, 0.717) is 17.0 Å². The van der Waals surface area contributed by atoms with Gasteiger partial charge in [0.05, 0.1) is 10.6 Å². The Morgan fingerprint density at radius 3 is 2.38 bits per heavy atom. The summed E-state index contributed by atoms with van der Waals surface area (Å²) in [5.74, 6) is 0.190. The van der Waals surface area contributed by atoms with Gasteiger partial charge in [0.1, 0.15) is 19.0 Å². The topological polar surface area (TPSA) is 91.0 Å². The van der Waals surface area contributed by atoms with Crippen molar-refractivity contribution in [3.8, 4) is 5.75 Å². The van der Waals surface area contributed by atoms with Crippen LogP contribution in [0.1, 0.15) is 12.5 Å². The minimum Gasteiger partial charge on any atom is -0.490 e. The van der Waals surface area contributed by atoms with Crippen LogP contribution in [-0.4, -0.2) is 30.3 Å². The second-order valence-electron chi connectivity index (χ2n) is 5.37. The molecule has 0 aromatic heterocycles. The molecular formula is C19H18N2O5. The quantitative estimate of drug-likeness (QED) is 0.179. The normalized spacial score (nSPS) is 10.5. The summed E-state index contributed by atoms with van der Waals surface area (Å²) in [5.41, 5.74) is 1.86. The maximum atomic E-state index is 11.2. The number of nitrogens with zero attached hydrogens (tertiary/aromatic N) is 2. The summed E-state index contributed by atoms with van der Waals surface area (Å²) in [4.78, 5) is 25.7. The summed E-state index contributed by atoms with van der Waals surface area (Å²) < 4.78 is 10.4. The number of carbonyl (C=O) groups excluding carboxylic acids is 1.